The van der Waals surface area contributed by atoms with Crippen LogP contribution in [0, 0.1) is 0 Å². The summed E-state index contributed by atoms with van der Waals surface area (Å²) in [7, 11) is 0. The molecule has 1 amide bonds. The van der Waals surface area contributed by atoms with Gasteiger partial charge in [0, 0.05) is 31.7 Å². The first kappa shape index (κ1) is 12.0. The molecule has 0 N–H and O–H groups in total. The van der Waals surface area contributed by atoms with Crippen molar-refractivity contribution in [2.24, 2.45) is 0 Å². The van der Waals surface area contributed by atoms with E-state index in [1.165, 1.54) is 0 Å². The van der Waals surface area contributed by atoms with Gasteiger partial charge in [0.25, 0.3) is 0 Å². The summed E-state index contributed by atoms with van der Waals surface area (Å²) in [6, 6.07) is 0. The first-order chi connectivity index (χ1) is 6.45. The number of rotatable bonds is 1. The van der Waals surface area contributed by atoms with E-state index in [9.17, 15) is 4.79 Å². The molecule has 1 aliphatic rings. The van der Waals surface area contributed by atoms with Crippen LogP contribution in [0.1, 0.15) is 20.8 Å². The molecule has 1 saturated heterocycles. The van der Waals surface area contributed by atoms with Crippen LogP contribution in [0.15, 0.2) is 0 Å². The van der Waals surface area contributed by atoms with Crippen molar-refractivity contribution >= 4 is 21.8 Å². The van der Waals surface area contributed by atoms with Gasteiger partial charge in [0.05, 0.1) is 5.33 Å². The smallest absolute Gasteiger partial charge is 0.233 e. The standard InChI is InChI=1S/C10H19BrN2O/c1-10(2,3)13-6-4-12(5-7-13)9(14)8-11/h4-8H2,1-3H3. The summed E-state index contributed by atoms with van der Waals surface area (Å²) in [6.45, 7) is 10.4. The molecule has 0 aromatic carbocycles. The van der Waals surface area contributed by atoms with Crippen LogP contribution in [0.25, 0.3) is 0 Å². The molecule has 0 aromatic heterocycles. The van der Waals surface area contributed by atoms with E-state index >= 15 is 0 Å². The van der Waals surface area contributed by atoms with Crippen molar-refractivity contribution in [3.8, 4) is 0 Å². The summed E-state index contributed by atoms with van der Waals surface area (Å²) in [6.07, 6.45) is 0. The monoisotopic (exact) mass is 262 g/mol. The van der Waals surface area contributed by atoms with Crippen LogP contribution in [0.2, 0.25) is 0 Å². The lowest BCUT2D eigenvalue weighted by molar-refractivity contribution is -0.130. The van der Waals surface area contributed by atoms with Crippen molar-refractivity contribution in [2.45, 2.75) is 26.3 Å². The summed E-state index contributed by atoms with van der Waals surface area (Å²) < 4.78 is 0. The van der Waals surface area contributed by atoms with Gasteiger partial charge in [0.1, 0.15) is 0 Å². The third-order valence-corrected chi connectivity index (χ3v) is 3.18. The summed E-state index contributed by atoms with van der Waals surface area (Å²) in [5.41, 5.74) is 0.226. The highest BCUT2D eigenvalue weighted by atomic mass is 79.9. The fourth-order valence-electron chi connectivity index (χ4n) is 1.71. The van der Waals surface area contributed by atoms with Crippen molar-refractivity contribution in [3.05, 3.63) is 0 Å². The Bertz CT molecular complexity index is 205. The van der Waals surface area contributed by atoms with E-state index in [0.717, 1.165) is 26.2 Å². The minimum atomic E-state index is 0.207. The third kappa shape index (κ3) is 2.95. The van der Waals surface area contributed by atoms with Crippen LogP contribution in [-0.4, -0.2) is 52.8 Å². The van der Waals surface area contributed by atoms with E-state index in [2.05, 4.69) is 41.6 Å². The van der Waals surface area contributed by atoms with Gasteiger partial charge in [-0.25, -0.2) is 0 Å². The van der Waals surface area contributed by atoms with E-state index in [4.69, 9.17) is 0 Å². The van der Waals surface area contributed by atoms with E-state index in [-0.39, 0.29) is 11.4 Å². The van der Waals surface area contributed by atoms with E-state index in [1.807, 2.05) is 4.90 Å². The first-order valence-electron chi connectivity index (χ1n) is 5.04. The lowest BCUT2D eigenvalue weighted by Gasteiger charge is -2.42. The quantitative estimate of drug-likeness (QED) is 0.666. The number of piperazine rings is 1. The molecule has 1 rings (SSSR count). The fraction of sp³-hybridized carbons (Fsp3) is 0.900. The Morgan fingerprint density at radius 2 is 1.71 bits per heavy atom. The maximum atomic E-state index is 11.4. The number of carbonyl (C=O) groups excluding carboxylic acids is 1. The van der Waals surface area contributed by atoms with E-state index in [0.29, 0.717) is 5.33 Å². The summed E-state index contributed by atoms with van der Waals surface area (Å²) >= 11 is 3.20. The molecule has 1 aliphatic heterocycles. The van der Waals surface area contributed by atoms with E-state index in [1.54, 1.807) is 0 Å². The minimum absolute atomic E-state index is 0.207. The molecule has 1 fully saturated rings. The molecule has 0 radical (unpaired) electrons. The van der Waals surface area contributed by atoms with Crippen LogP contribution in [0.5, 0.6) is 0 Å². The Balaban J connectivity index is 2.43. The third-order valence-electron chi connectivity index (χ3n) is 2.70. The molecule has 14 heavy (non-hydrogen) atoms. The predicted octanol–water partition coefficient (Wildman–Crippen LogP) is 1.32. The molecular weight excluding hydrogens is 244 g/mol. The number of hydrogen-bond donors (Lipinski definition) is 0. The Morgan fingerprint density at radius 1 is 1.21 bits per heavy atom. The van der Waals surface area contributed by atoms with E-state index < -0.39 is 0 Å². The summed E-state index contributed by atoms with van der Waals surface area (Å²) in [5, 5.41) is 0.447. The number of hydrogen-bond acceptors (Lipinski definition) is 2. The molecule has 3 nitrogen and oxygen atoms in total. The van der Waals surface area contributed by atoms with Crippen LogP contribution in [0.4, 0.5) is 0 Å². The van der Waals surface area contributed by atoms with Crippen LogP contribution < -0.4 is 0 Å². The highest BCUT2D eigenvalue weighted by molar-refractivity contribution is 9.09. The maximum absolute atomic E-state index is 11.4. The molecule has 0 aliphatic carbocycles. The van der Waals surface area contributed by atoms with Gasteiger partial charge in [-0.3, -0.25) is 9.69 Å². The van der Waals surface area contributed by atoms with Gasteiger partial charge in [0.2, 0.25) is 5.91 Å². The van der Waals surface area contributed by atoms with Gasteiger partial charge in [-0.1, -0.05) is 15.9 Å². The van der Waals surface area contributed by atoms with Crippen molar-refractivity contribution in [1.29, 1.82) is 0 Å². The Morgan fingerprint density at radius 3 is 2.07 bits per heavy atom. The van der Waals surface area contributed by atoms with Gasteiger partial charge in [-0.15, -0.1) is 0 Å². The van der Waals surface area contributed by atoms with Gasteiger partial charge < -0.3 is 4.90 Å². The number of alkyl halides is 1. The Hall–Kier alpha value is -0.0900. The number of nitrogens with zero attached hydrogens (tertiary/aromatic N) is 2. The molecule has 0 saturated carbocycles. The second-order valence-electron chi connectivity index (χ2n) is 4.67. The highest BCUT2D eigenvalue weighted by Crippen LogP contribution is 2.15. The molecule has 0 bridgehead atoms. The fourth-order valence-corrected chi connectivity index (χ4v) is 2.07. The number of halogens is 1. The normalized spacial score (nSPS) is 19.9. The molecule has 0 aromatic rings. The topological polar surface area (TPSA) is 23.6 Å². The highest BCUT2D eigenvalue weighted by Gasteiger charge is 2.27. The second-order valence-corrected chi connectivity index (χ2v) is 5.23. The van der Waals surface area contributed by atoms with Gasteiger partial charge in [-0.05, 0) is 20.8 Å². The van der Waals surface area contributed by atoms with Crippen LogP contribution in [0.3, 0.4) is 0 Å². The summed E-state index contributed by atoms with van der Waals surface area (Å²) in [4.78, 5) is 15.7. The zero-order valence-electron chi connectivity index (χ0n) is 9.22. The number of amides is 1. The average molecular weight is 263 g/mol. The summed E-state index contributed by atoms with van der Waals surface area (Å²) in [5.74, 6) is 0.207. The van der Waals surface area contributed by atoms with Gasteiger partial charge in [-0.2, -0.15) is 0 Å². The van der Waals surface area contributed by atoms with Crippen LogP contribution in [-0.2, 0) is 4.79 Å². The second kappa shape index (κ2) is 4.62. The minimum Gasteiger partial charge on any atom is -0.339 e. The van der Waals surface area contributed by atoms with Gasteiger partial charge in [0.15, 0.2) is 0 Å². The zero-order valence-corrected chi connectivity index (χ0v) is 10.8. The largest absolute Gasteiger partial charge is 0.339 e. The van der Waals surface area contributed by atoms with Crippen molar-refractivity contribution in [2.75, 3.05) is 31.5 Å². The Kier molecular flexibility index (Phi) is 3.95. The average Bonchev–Trinajstić information content (AvgIpc) is 2.15. The van der Waals surface area contributed by atoms with Crippen LogP contribution >= 0.6 is 15.9 Å². The lowest BCUT2D eigenvalue weighted by atomic mass is 10.1. The first-order valence-corrected chi connectivity index (χ1v) is 6.16. The SMILES string of the molecule is CC(C)(C)N1CCN(C(=O)CBr)CC1. The molecule has 0 unspecified atom stereocenters. The van der Waals surface area contributed by atoms with Crippen molar-refractivity contribution in [1.82, 2.24) is 9.80 Å². The maximum Gasteiger partial charge on any atom is 0.233 e. The van der Waals surface area contributed by atoms with Crippen molar-refractivity contribution in [3.63, 3.8) is 0 Å². The zero-order chi connectivity index (χ0) is 10.8. The van der Waals surface area contributed by atoms with Crippen molar-refractivity contribution < 1.29 is 4.79 Å². The molecule has 4 heteroatoms. The number of carbonyl (C=O) groups is 1. The lowest BCUT2D eigenvalue weighted by Crippen LogP contribution is -2.54. The predicted molar refractivity (Wildman–Crippen MR) is 61.7 cm³/mol. The Labute approximate surface area is 94.6 Å². The molecule has 82 valence electrons. The molecule has 0 atom stereocenters. The molecular formula is C10H19BrN2O. The molecule has 0 spiro atoms. The van der Waals surface area contributed by atoms with Gasteiger partial charge >= 0.3 is 0 Å². The molecule has 1 heterocycles.